The Bertz CT molecular complexity index is 820. The summed E-state index contributed by atoms with van der Waals surface area (Å²) in [6, 6.07) is 10.4. The van der Waals surface area contributed by atoms with E-state index in [4.69, 9.17) is 10.5 Å². The van der Waals surface area contributed by atoms with E-state index < -0.39 is 0 Å². The van der Waals surface area contributed by atoms with Crippen LogP contribution in [0.5, 0.6) is 5.88 Å². The molecule has 7 heteroatoms. The van der Waals surface area contributed by atoms with Crippen LogP contribution in [0, 0.1) is 0 Å². The highest BCUT2D eigenvalue weighted by molar-refractivity contribution is 9.10. The number of halogens is 1. The average molecular weight is 430 g/mol. The number of benzene rings is 1. The zero-order valence-corrected chi connectivity index (χ0v) is 16.9. The molecule has 0 amide bonds. The maximum Gasteiger partial charge on any atom is 0.237 e. The van der Waals surface area contributed by atoms with Crippen molar-refractivity contribution >= 4 is 33.4 Å². The van der Waals surface area contributed by atoms with Crippen LogP contribution in [0.25, 0.3) is 5.57 Å². The van der Waals surface area contributed by atoms with Crippen molar-refractivity contribution < 1.29 is 4.74 Å². The van der Waals surface area contributed by atoms with Gasteiger partial charge >= 0.3 is 0 Å². The average Bonchev–Trinajstić information content (AvgIpc) is 2.70. The van der Waals surface area contributed by atoms with Crippen LogP contribution in [0.15, 0.2) is 52.2 Å². The Morgan fingerprint density at radius 3 is 3.00 bits per heavy atom. The number of hydrogen-bond acceptors (Lipinski definition) is 6. The second kappa shape index (κ2) is 9.53. The van der Waals surface area contributed by atoms with Gasteiger partial charge in [-0.3, -0.25) is 4.99 Å². The van der Waals surface area contributed by atoms with E-state index in [2.05, 4.69) is 60.8 Å². The molecule has 0 fully saturated rings. The second-order valence-electron chi connectivity index (χ2n) is 6.29. The van der Waals surface area contributed by atoms with Crippen LogP contribution in [-0.2, 0) is 6.42 Å². The fourth-order valence-electron chi connectivity index (χ4n) is 2.87. The van der Waals surface area contributed by atoms with E-state index in [1.807, 2.05) is 6.07 Å². The van der Waals surface area contributed by atoms with Gasteiger partial charge in [-0.15, -0.1) is 0 Å². The van der Waals surface area contributed by atoms with Crippen LogP contribution >= 0.6 is 15.9 Å². The van der Waals surface area contributed by atoms with Gasteiger partial charge < -0.3 is 21.1 Å². The fraction of sp³-hybridized carbons (Fsp3) is 0.300. The first kappa shape index (κ1) is 19.4. The van der Waals surface area contributed by atoms with E-state index in [-0.39, 0.29) is 6.10 Å². The highest BCUT2D eigenvalue weighted by Crippen LogP contribution is 2.29. The summed E-state index contributed by atoms with van der Waals surface area (Å²) in [5.41, 5.74) is 9.58. The number of allylic oxidation sites excluding steroid dienone is 1. The molecular weight excluding hydrogens is 406 g/mol. The van der Waals surface area contributed by atoms with Gasteiger partial charge in [0.15, 0.2) is 0 Å². The molecule has 0 spiro atoms. The maximum atomic E-state index is 6.00. The predicted octanol–water partition coefficient (Wildman–Crippen LogP) is 2.85. The number of nitrogens with one attached hydrogen (secondary N) is 2. The van der Waals surface area contributed by atoms with Gasteiger partial charge in [0.2, 0.25) is 5.88 Å². The number of aliphatic imine (C=N–C) groups is 1. The molecule has 4 N–H and O–H groups in total. The molecule has 1 aliphatic heterocycles. The molecule has 0 saturated heterocycles. The largest absolute Gasteiger partial charge is 0.470 e. The SMILES string of the molecule is CN=C/C(=C\N)c1cnc2c(c1)NCC(CNCCc1ccc(Br)cc1)O2. The summed E-state index contributed by atoms with van der Waals surface area (Å²) in [4.78, 5) is 8.44. The van der Waals surface area contributed by atoms with Crippen LogP contribution in [0.2, 0.25) is 0 Å². The standard InChI is InChI=1S/C20H24BrN5O/c1-23-10-16(9-22)15-8-19-20(26-11-15)27-18(13-25-19)12-24-7-6-14-2-4-17(21)5-3-14/h2-5,8-11,18,24-25H,6-7,12-13,22H2,1H3/b16-9+,23-10?. The van der Waals surface area contributed by atoms with Gasteiger partial charge in [0, 0.05) is 47.8 Å². The number of ether oxygens (including phenoxy) is 1. The molecule has 2 aromatic rings. The first-order valence-corrected chi connectivity index (χ1v) is 9.69. The van der Waals surface area contributed by atoms with Crippen molar-refractivity contribution in [1.82, 2.24) is 10.3 Å². The summed E-state index contributed by atoms with van der Waals surface area (Å²) in [7, 11) is 1.71. The van der Waals surface area contributed by atoms with Crippen molar-refractivity contribution in [3.63, 3.8) is 0 Å². The number of hydrogen-bond donors (Lipinski definition) is 3. The van der Waals surface area contributed by atoms with Crippen LogP contribution in [0.4, 0.5) is 5.69 Å². The molecule has 3 rings (SSSR count). The highest BCUT2D eigenvalue weighted by Gasteiger charge is 2.20. The summed E-state index contributed by atoms with van der Waals surface area (Å²) in [5, 5.41) is 6.85. The van der Waals surface area contributed by atoms with E-state index in [9.17, 15) is 0 Å². The van der Waals surface area contributed by atoms with Crippen molar-refractivity contribution in [2.45, 2.75) is 12.5 Å². The van der Waals surface area contributed by atoms with E-state index in [1.165, 1.54) is 11.8 Å². The van der Waals surface area contributed by atoms with E-state index in [0.717, 1.165) is 47.4 Å². The Morgan fingerprint density at radius 1 is 1.44 bits per heavy atom. The monoisotopic (exact) mass is 429 g/mol. The van der Waals surface area contributed by atoms with Crippen LogP contribution < -0.4 is 21.1 Å². The lowest BCUT2D eigenvalue weighted by Gasteiger charge is -2.27. The van der Waals surface area contributed by atoms with Gasteiger partial charge in [-0.05, 0) is 36.7 Å². The number of pyridine rings is 1. The lowest BCUT2D eigenvalue weighted by molar-refractivity contribution is 0.194. The normalized spacial score (nSPS) is 16.7. The topological polar surface area (TPSA) is 84.6 Å². The number of anilines is 1. The third-order valence-electron chi connectivity index (χ3n) is 4.31. The van der Waals surface area contributed by atoms with Gasteiger partial charge in [0.25, 0.3) is 0 Å². The number of nitrogens with zero attached hydrogens (tertiary/aromatic N) is 2. The summed E-state index contributed by atoms with van der Waals surface area (Å²) in [6.45, 7) is 2.40. The molecule has 0 bridgehead atoms. The van der Waals surface area contributed by atoms with Crippen molar-refractivity contribution in [2.24, 2.45) is 10.7 Å². The van der Waals surface area contributed by atoms with Crippen molar-refractivity contribution in [2.75, 3.05) is 32.0 Å². The van der Waals surface area contributed by atoms with Crippen LogP contribution in [-0.4, -0.2) is 44.0 Å². The summed E-state index contributed by atoms with van der Waals surface area (Å²) in [6.07, 6.45) is 6.02. The third-order valence-corrected chi connectivity index (χ3v) is 4.84. The molecule has 27 heavy (non-hydrogen) atoms. The molecule has 1 aromatic heterocycles. The molecule has 0 aliphatic carbocycles. The minimum Gasteiger partial charge on any atom is -0.470 e. The number of fused-ring (bicyclic) bond motifs is 1. The van der Waals surface area contributed by atoms with E-state index >= 15 is 0 Å². The lowest BCUT2D eigenvalue weighted by atomic mass is 10.1. The Labute approximate surface area is 168 Å². The molecule has 142 valence electrons. The Morgan fingerprint density at radius 2 is 2.26 bits per heavy atom. The molecule has 0 saturated carbocycles. The highest BCUT2D eigenvalue weighted by atomic mass is 79.9. The number of aromatic nitrogens is 1. The fourth-order valence-corrected chi connectivity index (χ4v) is 3.13. The lowest BCUT2D eigenvalue weighted by Crippen LogP contribution is -2.40. The minimum atomic E-state index is 0.0440. The van der Waals surface area contributed by atoms with Gasteiger partial charge in [-0.25, -0.2) is 4.98 Å². The second-order valence-corrected chi connectivity index (χ2v) is 7.20. The summed E-state index contributed by atoms with van der Waals surface area (Å²) in [5.74, 6) is 0.620. The van der Waals surface area contributed by atoms with Crippen molar-refractivity contribution in [3.8, 4) is 5.88 Å². The molecule has 0 radical (unpaired) electrons. The van der Waals surface area contributed by atoms with Gasteiger partial charge in [-0.2, -0.15) is 0 Å². The Kier molecular flexibility index (Phi) is 6.84. The molecule has 1 atom stereocenters. The van der Waals surface area contributed by atoms with E-state index in [0.29, 0.717) is 5.88 Å². The van der Waals surface area contributed by atoms with E-state index in [1.54, 1.807) is 19.5 Å². The predicted molar refractivity (Wildman–Crippen MR) is 114 cm³/mol. The van der Waals surface area contributed by atoms with Crippen molar-refractivity contribution in [3.05, 3.63) is 58.3 Å². The molecule has 1 aromatic carbocycles. The quantitative estimate of drug-likeness (QED) is 0.465. The molecule has 1 unspecified atom stereocenters. The van der Waals surface area contributed by atoms with Crippen LogP contribution in [0.3, 0.4) is 0 Å². The van der Waals surface area contributed by atoms with Gasteiger partial charge in [-0.1, -0.05) is 28.1 Å². The van der Waals surface area contributed by atoms with Gasteiger partial charge in [0.1, 0.15) is 6.10 Å². The zero-order valence-electron chi connectivity index (χ0n) is 15.3. The van der Waals surface area contributed by atoms with Gasteiger partial charge in [0.05, 0.1) is 12.2 Å². The zero-order chi connectivity index (χ0) is 19.1. The van der Waals surface area contributed by atoms with Crippen LogP contribution in [0.1, 0.15) is 11.1 Å². The smallest absolute Gasteiger partial charge is 0.237 e. The molecule has 6 nitrogen and oxygen atoms in total. The Balaban J connectivity index is 1.50. The number of rotatable bonds is 7. The van der Waals surface area contributed by atoms with Crippen molar-refractivity contribution in [1.29, 1.82) is 0 Å². The summed E-state index contributed by atoms with van der Waals surface area (Å²) >= 11 is 3.46. The maximum absolute atomic E-state index is 6.00. The molecular formula is C20H24BrN5O. The first-order valence-electron chi connectivity index (χ1n) is 8.89. The molecule has 1 aliphatic rings. The summed E-state index contributed by atoms with van der Waals surface area (Å²) < 4.78 is 7.10. The first-order chi connectivity index (χ1) is 13.2. The number of nitrogens with two attached hydrogens (primary N) is 1. The Hall–Kier alpha value is -2.38. The third kappa shape index (κ3) is 5.30. The molecule has 2 heterocycles. The minimum absolute atomic E-state index is 0.0440.